The van der Waals surface area contributed by atoms with Crippen LogP contribution in [0.4, 0.5) is 15.8 Å². The number of halogens is 1. The molecule has 154 valence electrons. The Morgan fingerprint density at radius 1 is 1.10 bits per heavy atom. The summed E-state index contributed by atoms with van der Waals surface area (Å²) in [5.74, 6) is 1.09. The van der Waals surface area contributed by atoms with Gasteiger partial charge >= 0.3 is 0 Å². The van der Waals surface area contributed by atoms with Crippen LogP contribution in [-0.4, -0.2) is 21.5 Å². The van der Waals surface area contributed by atoms with Crippen LogP contribution in [-0.2, 0) is 0 Å². The number of rotatable bonds is 5. The Morgan fingerprint density at radius 2 is 1.94 bits per heavy atom. The molecule has 0 aliphatic rings. The smallest absolute Gasteiger partial charge is 0.181 e. The minimum absolute atomic E-state index is 0.271. The standard InChI is InChI=1S/C24H19FN4O2/c1-15-23(31-14-26-15)19-10-9-18(12-22(19)30-2)27-20-4-3-11-29-13-21(28-24(20)29)16-5-7-17(25)8-6-16/h3-14,27H,1-2H3. The van der Waals surface area contributed by atoms with Crippen LogP contribution in [0.1, 0.15) is 5.69 Å². The lowest BCUT2D eigenvalue weighted by Gasteiger charge is -2.12. The lowest BCUT2D eigenvalue weighted by Crippen LogP contribution is -1.96. The average Bonchev–Trinajstić information content (AvgIpc) is 3.41. The van der Waals surface area contributed by atoms with Crippen LogP contribution in [0.5, 0.6) is 5.75 Å². The summed E-state index contributed by atoms with van der Waals surface area (Å²) in [6.07, 6.45) is 5.27. The molecule has 0 radical (unpaired) electrons. The van der Waals surface area contributed by atoms with Crippen molar-refractivity contribution in [2.24, 2.45) is 0 Å². The summed E-state index contributed by atoms with van der Waals surface area (Å²) in [5, 5.41) is 3.41. The Labute approximate surface area is 178 Å². The van der Waals surface area contributed by atoms with Gasteiger partial charge in [-0.15, -0.1) is 0 Å². The minimum atomic E-state index is -0.271. The Balaban J connectivity index is 1.50. The molecule has 0 fully saturated rings. The van der Waals surface area contributed by atoms with E-state index in [-0.39, 0.29) is 5.82 Å². The number of aromatic nitrogens is 3. The second-order valence-corrected chi connectivity index (χ2v) is 7.09. The molecule has 5 aromatic rings. The summed E-state index contributed by atoms with van der Waals surface area (Å²) in [6.45, 7) is 1.89. The molecule has 31 heavy (non-hydrogen) atoms. The molecule has 0 aliphatic carbocycles. The number of ether oxygens (including phenoxy) is 1. The van der Waals surface area contributed by atoms with Crippen molar-refractivity contribution in [1.29, 1.82) is 0 Å². The van der Waals surface area contributed by atoms with E-state index in [9.17, 15) is 4.39 Å². The van der Waals surface area contributed by atoms with E-state index in [1.807, 2.05) is 54.0 Å². The lowest BCUT2D eigenvalue weighted by atomic mass is 10.1. The molecule has 5 rings (SSSR count). The van der Waals surface area contributed by atoms with E-state index in [1.54, 1.807) is 19.2 Å². The zero-order valence-electron chi connectivity index (χ0n) is 17.0. The van der Waals surface area contributed by atoms with Crippen LogP contribution in [0.15, 0.2) is 77.8 Å². The highest BCUT2D eigenvalue weighted by molar-refractivity contribution is 5.79. The van der Waals surface area contributed by atoms with Crippen molar-refractivity contribution in [2.45, 2.75) is 6.92 Å². The number of fused-ring (bicyclic) bond motifs is 1. The van der Waals surface area contributed by atoms with Gasteiger partial charge in [-0.3, -0.25) is 0 Å². The molecule has 6 nitrogen and oxygen atoms in total. The number of methoxy groups -OCH3 is 1. The molecule has 0 spiro atoms. The van der Waals surface area contributed by atoms with Gasteiger partial charge in [0.15, 0.2) is 17.8 Å². The van der Waals surface area contributed by atoms with Crippen molar-refractivity contribution >= 4 is 17.0 Å². The number of hydrogen-bond donors (Lipinski definition) is 1. The number of pyridine rings is 1. The van der Waals surface area contributed by atoms with Gasteiger partial charge in [-0.1, -0.05) is 0 Å². The summed E-state index contributed by atoms with van der Waals surface area (Å²) in [5.41, 5.74) is 5.69. The molecule has 3 aromatic heterocycles. The van der Waals surface area contributed by atoms with E-state index in [2.05, 4.69) is 10.3 Å². The Hall–Kier alpha value is -4.13. The van der Waals surface area contributed by atoms with Gasteiger partial charge in [0.1, 0.15) is 11.6 Å². The molecule has 0 unspecified atom stereocenters. The van der Waals surface area contributed by atoms with Gasteiger partial charge in [0.05, 0.1) is 29.7 Å². The molecule has 3 heterocycles. The number of anilines is 2. The number of imidazole rings is 1. The number of oxazole rings is 1. The maximum absolute atomic E-state index is 13.3. The molecular formula is C24H19FN4O2. The molecular weight excluding hydrogens is 395 g/mol. The maximum Gasteiger partial charge on any atom is 0.181 e. The van der Waals surface area contributed by atoms with Gasteiger partial charge in [0.25, 0.3) is 0 Å². The number of nitrogens with zero attached hydrogens (tertiary/aromatic N) is 3. The predicted octanol–water partition coefficient (Wildman–Crippen LogP) is 5.86. The van der Waals surface area contributed by atoms with Crippen molar-refractivity contribution < 1.29 is 13.5 Å². The number of hydrogen-bond acceptors (Lipinski definition) is 5. The van der Waals surface area contributed by atoms with E-state index in [4.69, 9.17) is 14.1 Å². The van der Waals surface area contributed by atoms with Gasteiger partial charge in [-0.2, -0.15) is 0 Å². The predicted molar refractivity (Wildman–Crippen MR) is 117 cm³/mol. The van der Waals surface area contributed by atoms with Gasteiger partial charge in [0, 0.05) is 29.7 Å². The molecule has 1 N–H and O–H groups in total. The summed E-state index contributed by atoms with van der Waals surface area (Å²) >= 11 is 0. The lowest BCUT2D eigenvalue weighted by molar-refractivity contribution is 0.415. The normalized spacial score (nSPS) is 11.1. The van der Waals surface area contributed by atoms with Crippen molar-refractivity contribution in [2.75, 3.05) is 12.4 Å². The Bertz CT molecular complexity index is 1370. The summed E-state index contributed by atoms with van der Waals surface area (Å²) in [4.78, 5) is 8.90. The van der Waals surface area contributed by atoms with Crippen LogP contribution in [0.3, 0.4) is 0 Å². The third-order valence-corrected chi connectivity index (χ3v) is 5.09. The topological polar surface area (TPSA) is 64.6 Å². The zero-order chi connectivity index (χ0) is 21.4. The largest absolute Gasteiger partial charge is 0.496 e. The molecule has 7 heteroatoms. The molecule has 0 saturated carbocycles. The van der Waals surface area contributed by atoms with E-state index in [0.717, 1.165) is 39.5 Å². The first-order valence-corrected chi connectivity index (χ1v) is 9.71. The molecule has 0 amide bonds. The molecule has 0 bridgehead atoms. The average molecular weight is 414 g/mol. The maximum atomic E-state index is 13.3. The van der Waals surface area contributed by atoms with E-state index in [1.165, 1.54) is 18.5 Å². The molecule has 2 aromatic carbocycles. The van der Waals surface area contributed by atoms with E-state index < -0.39 is 0 Å². The highest BCUT2D eigenvalue weighted by atomic mass is 19.1. The number of benzene rings is 2. The summed E-state index contributed by atoms with van der Waals surface area (Å²) in [7, 11) is 1.62. The summed E-state index contributed by atoms with van der Waals surface area (Å²) in [6, 6.07) is 16.0. The quantitative estimate of drug-likeness (QED) is 0.390. The van der Waals surface area contributed by atoms with Gasteiger partial charge in [-0.05, 0) is 55.5 Å². The minimum Gasteiger partial charge on any atom is -0.496 e. The van der Waals surface area contributed by atoms with Crippen molar-refractivity contribution in [1.82, 2.24) is 14.4 Å². The number of aryl methyl sites for hydroxylation is 1. The third-order valence-electron chi connectivity index (χ3n) is 5.09. The monoisotopic (exact) mass is 414 g/mol. The van der Waals surface area contributed by atoms with Gasteiger partial charge in [-0.25, -0.2) is 14.4 Å². The fourth-order valence-electron chi connectivity index (χ4n) is 3.54. The Morgan fingerprint density at radius 3 is 2.68 bits per heavy atom. The van der Waals surface area contributed by atoms with Crippen molar-refractivity contribution in [3.05, 3.63) is 84.9 Å². The fraction of sp³-hybridized carbons (Fsp3) is 0.0833. The highest BCUT2D eigenvalue weighted by Crippen LogP contribution is 2.35. The van der Waals surface area contributed by atoms with Crippen LogP contribution in [0.2, 0.25) is 0 Å². The second-order valence-electron chi connectivity index (χ2n) is 7.09. The first-order chi connectivity index (χ1) is 15.1. The van der Waals surface area contributed by atoms with Gasteiger partial charge < -0.3 is 18.9 Å². The van der Waals surface area contributed by atoms with Crippen molar-refractivity contribution in [3.63, 3.8) is 0 Å². The van der Waals surface area contributed by atoms with E-state index >= 15 is 0 Å². The van der Waals surface area contributed by atoms with Crippen molar-refractivity contribution in [3.8, 4) is 28.3 Å². The second kappa shape index (κ2) is 7.60. The van der Waals surface area contributed by atoms with Gasteiger partial charge in [0.2, 0.25) is 0 Å². The summed E-state index contributed by atoms with van der Waals surface area (Å²) < 4.78 is 26.3. The van der Waals surface area contributed by atoms with Crippen LogP contribution < -0.4 is 10.1 Å². The highest BCUT2D eigenvalue weighted by Gasteiger charge is 2.14. The molecule has 0 saturated heterocycles. The SMILES string of the molecule is COc1cc(Nc2cccn3cc(-c4ccc(F)cc4)nc23)ccc1-c1ocnc1C. The van der Waals surface area contributed by atoms with E-state index in [0.29, 0.717) is 11.5 Å². The third kappa shape index (κ3) is 3.50. The van der Waals surface area contributed by atoms with Crippen LogP contribution in [0, 0.1) is 12.7 Å². The molecule has 0 aliphatic heterocycles. The fourth-order valence-corrected chi connectivity index (χ4v) is 3.54. The zero-order valence-corrected chi connectivity index (χ0v) is 17.0. The number of nitrogens with one attached hydrogen (secondary N) is 1. The molecule has 0 atom stereocenters. The first kappa shape index (κ1) is 18.9. The van der Waals surface area contributed by atoms with Crippen LogP contribution >= 0.6 is 0 Å². The van der Waals surface area contributed by atoms with Crippen LogP contribution in [0.25, 0.3) is 28.2 Å². The Kier molecular flexibility index (Phi) is 4.63. The first-order valence-electron chi connectivity index (χ1n) is 9.71.